The van der Waals surface area contributed by atoms with Gasteiger partial charge in [0.15, 0.2) is 0 Å². The number of amidine groups is 1. The molecule has 1 aromatic carbocycles. The lowest BCUT2D eigenvalue weighted by Gasteiger charge is -2.10. The summed E-state index contributed by atoms with van der Waals surface area (Å²) in [5.41, 5.74) is 6.04. The van der Waals surface area contributed by atoms with Crippen LogP contribution in [0.1, 0.15) is 18.9 Å². The average Bonchev–Trinajstić information content (AvgIpc) is 2.38. The Kier molecular flexibility index (Phi) is 6.00. The van der Waals surface area contributed by atoms with Gasteiger partial charge in [-0.1, -0.05) is 0 Å². The van der Waals surface area contributed by atoms with Crippen molar-refractivity contribution in [3.8, 4) is 11.5 Å². The highest BCUT2D eigenvalue weighted by Crippen LogP contribution is 2.22. The normalized spacial score (nSPS) is 10.1. The van der Waals surface area contributed by atoms with E-state index < -0.39 is 0 Å². The predicted octanol–water partition coefficient (Wildman–Crippen LogP) is 1.78. The number of hydrogen-bond donors (Lipinski definition) is 2. The van der Waals surface area contributed by atoms with Gasteiger partial charge in [-0.25, -0.2) is 0 Å². The van der Waals surface area contributed by atoms with E-state index in [9.17, 15) is 0 Å². The molecule has 0 fully saturated rings. The summed E-state index contributed by atoms with van der Waals surface area (Å²) in [6, 6.07) is 5.20. The molecule has 3 N–H and O–H groups in total. The van der Waals surface area contributed by atoms with Crippen LogP contribution in [0.2, 0.25) is 0 Å². The minimum Gasteiger partial charge on any atom is -0.497 e. The lowest BCUT2D eigenvalue weighted by molar-refractivity contribution is 0.131. The van der Waals surface area contributed by atoms with E-state index in [1.165, 1.54) is 0 Å². The van der Waals surface area contributed by atoms with Crippen LogP contribution in [0.25, 0.3) is 0 Å². The van der Waals surface area contributed by atoms with E-state index in [0.29, 0.717) is 36.9 Å². The Morgan fingerprint density at radius 3 is 2.56 bits per heavy atom. The summed E-state index contributed by atoms with van der Waals surface area (Å²) < 4.78 is 15.9. The van der Waals surface area contributed by atoms with Gasteiger partial charge in [0.1, 0.15) is 17.3 Å². The number of benzene rings is 1. The van der Waals surface area contributed by atoms with E-state index in [4.69, 9.17) is 25.4 Å². The second kappa shape index (κ2) is 7.55. The summed E-state index contributed by atoms with van der Waals surface area (Å²) in [5, 5.41) is 7.42. The molecule has 0 radical (unpaired) electrons. The molecule has 1 aromatic rings. The Bertz CT molecular complexity index is 394. The zero-order valence-corrected chi connectivity index (χ0v) is 10.9. The lowest BCUT2D eigenvalue weighted by Crippen LogP contribution is -2.11. The highest BCUT2D eigenvalue weighted by atomic mass is 16.5. The molecule has 0 unspecified atom stereocenters. The smallest absolute Gasteiger partial charge is 0.123 e. The fourth-order valence-electron chi connectivity index (χ4n) is 1.42. The van der Waals surface area contributed by atoms with Crippen LogP contribution < -0.4 is 15.2 Å². The van der Waals surface area contributed by atoms with Crippen LogP contribution in [-0.2, 0) is 4.74 Å². The number of nitrogens with one attached hydrogen (secondary N) is 1. The quantitative estimate of drug-likeness (QED) is 0.420. The van der Waals surface area contributed by atoms with Crippen molar-refractivity contribution in [3.05, 3.63) is 23.8 Å². The molecule has 5 heteroatoms. The topological polar surface area (TPSA) is 77.6 Å². The van der Waals surface area contributed by atoms with E-state index in [0.717, 1.165) is 6.42 Å². The fourth-order valence-corrected chi connectivity index (χ4v) is 1.42. The summed E-state index contributed by atoms with van der Waals surface area (Å²) in [5.74, 6) is 1.27. The van der Waals surface area contributed by atoms with Gasteiger partial charge < -0.3 is 19.9 Å². The van der Waals surface area contributed by atoms with Crippen LogP contribution in [-0.4, -0.2) is 32.8 Å². The molecule has 0 amide bonds. The first-order valence-corrected chi connectivity index (χ1v) is 5.91. The van der Waals surface area contributed by atoms with Crippen molar-refractivity contribution in [1.29, 1.82) is 5.41 Å². The monoisotopic (exact) mass is 252 g/mol. The van der Waals surface area contributed by atoms with E-state index >= 15 is 0 Å². The molecule has 0 bridgehead atoms. The Hall–Kier alpha value is -1.75. The van der Waals surface area contributed by atoms with Crippen molar-refractivity contribution in [2.24, 2.45) is 5.73 Å². The number of nitrogens with two attached hydrogens (primary N) is 1. The molecule has 0 saturated carbocycles. The third-order valence-electron chi connectivity index (χ3n) is 2.33. The minimum atomic E-state index is -0.00642. The third kappa shape index (κ3) is 4.63. The Morgan fingerprint density at radius 2 is 1.94 bits per heavy atom. The van der Waals surface area contributed by atoms with Gasteiger partial charge in [-0.15, -0.1) is 0 Å². The molecule has 0 heterocycles. The van der Waals surface area contributed by atoms with Crippen molar-refractivity contribution < 1.29 is 14.2 Å². The van der Waals surface area contributed by atoms with Gasteiger partial charge >= 0.3 is 0 Å². The molecule has 0 saturated heterocycles. The molecule has 0 aliphatic heterocycles. The summed E-state index contributed by atoms with van der Waals surface area (Å²) in [7, 11) is 1.57. The molecular formula is C13H20N2O3. The van der Waals surface area contributed by atoms with E-state index in [1.54, 1.807) is 25.3 Å². The van der Waals surface area contributed by atoms with Crippen molar-refractivity contribution in [1.82, 2.24) is 0 Å². The maximum absolute atomic E-state index is 7.42. The summed E-state index contributed by atoms with van der Waals surface area (Å²) >= 11 is 0. The number of hydrogen-bond acceptors (Lipinski definition) is 4. The maximum atomic E-state index is 7.42. The van der Waals surface area contributed by atoms with Crippen molar-refractivity contribution in [2.45, 2.75) is 13.3 Å². The van der Waals surface area contributed by atoms with Crippen LogP contribution in [0.15, 0.2) is 18.2 Å². The van der Waals surface area contributed by atoms with Gasteiger partial charge in [0, 0.05) is 31.3 Å². The second-order valence-electron chi connectivity index (χ2n) is 3.71. The zero-order chi connectivity index (χ0) is 13.4. The second-order valence-corrected chi connectivity index (χ2v) is 3.71. The zero-order valence-electron chi connectivity index (χ0n) is 10.9. The number of methoxy groups -OCH3 is 1. The van der Waals surface area contributed by atoms with Gasteiger partial charge in [0.2, 0.25) is 0 Å². The van der Waals surface area contributed by atoms with Crippen LogP contribution in [0, 0.1) is 5.41 Å². The predicted molar refractivity (Wildman–Crippen MR) is 70.6 cm³/mol. The van der Waals surface area contributed by atoms with Crippen molar-refractivity contribution in [3.63, 3.8) is 0 Å². The van der Waals surface area contributed by atoms with Crippen LogP contribution in [0.4, 0.5) is 0 Å². The Morgan fingerprint density at radius 1 is 1.22 bits per heavy atom. The SMILES string of the molecule is CCOCCCOc1cc(OC)cc(C(=N)N)c1. The van der Waals surface area contributed by atoms with Crippen LogP contribution in [0.5, 0.6) is 11.5 Å². The molecule has 5 nitrogen and oxygen atoms in total. The standard InChI is InChI=1S/C13H20N2O3/c1-3-17-5-4-6-18-12-8-10(13(14)15)7-11(9-12)16-2/h7-9H,3-6H2,1-2H3,(H3,14,15). The average molecular weight is 252 g/mol. The summed E-state index contributed by atoms with van der Waals surface area (Å²) in [6.45, 7) is 3.92. The van der Waals surface area contributed by atoms with Gasteiger partial charge in [-0.3, -0.25) is 5.41 Å². The van der Waals surface area contributed by atoms with Gasteiger partial charge in [-0.2, -0.15) is 0 Å². The first kappa shape index (κ1) is 14.3. The molecule has 0 spiro atoms. The highest BCUT2D eigenvalue weighted by molar-refractivity contribution is 5.95. The third-order valence-corrected chi connectivity index (χ3v) is 2.33. The first-order valence-electron chi connectivity index (χ1n) is 5.91. The molecule has 100 valence electrons. The molecule has 0 aromatic heterocycles. The Balaban J connectivity index is 2.58. The minimum absolute atomic E-state index is 0.00642. The van der Waals surface area contributed by atoms with Gasteiger partial charge in [-0.05, 0) is 19.1 Å². The van der Waals surface area contributed by atoms with Crippen LogP contribution in [0.3, 0.4) is 0 Å². The Labute approximate surface area is 107 Å². The number of nitrogen functional groups attached to an aromatic ring is 1. The van der Waals surface area contributed by atoms with E-state index in [1.807, 2.05) is 6.92 Å². The summed E-state index contributed by atoms with van der Waals surface area (Å²) in [4.78, 5) is 0. The van der Waals surface area contributed by atoms with E-state index in [2.05, 4.69) is 0 Å². The largest absolute Gasteiger partial charge is 0.497 e. The molecule has 1 rings (SSSR count). The van der Waals surface area contributed by atoms with E-state index in [-0.39, 0.29) is 5.84 Å². The number of rotatable bonds is 8. The van der Waals surface area contributed by atoms with Gasteiger partial charge in [0.25, 0.3) is 0 Å². The molecule has 0 aliphatic rings. The molecular weight excluding hydrogens is 232 g/mol. The number of ether oxygens (including phenoxy) is 3. The molecule has 0 aliphatic carbocycles. The first-order chi connectivity index (χ1) is 8.67. The lowest BCUT2D eigenvalue weighted by atomic mass is 10.2. The summed E-state index contributed by atoms with van der Waals surface area (Å²) in [6.07, 6.45) is 0.820. The highest BCUT2D eigenvalue weighted by Gasteiger charge is 2.04. The van der Waals surface area contributed by atoms with Crippen LogP contribution >= 0.6 is 0 Å². The maximum Gasteiger partial charge on any atom is 0.123 e. The fraction of sp³-hybridized carbons (Fsp3) is 0.462. The van der Waals surface area contributed by atoms with Gasteiger partial charge in [0.05, 0.1) is 13.7 Å². The molecule has 18 heavy (non-hydrogen) atoms. The van der Waals surface area contributed by atoms with Crippen molar-refractivity contribution >= 4 is 5.84 Å². The molecule has 0 atom stereocenters. The van der Waals surface area contributed by atoms with Crippen molar-refractivity contribution in [2.75, 3.05) is 26.9 Å².